The summed E-state index contributed by atoms with van der Waals surface area (Å²) < 4.78 is 0. The van der Waals surface area contributed by atoms with Gasteiger partial charge in [-0.15, -0.1) is 0 Å². The second-order valence-corrected chi connectivity index (χ2v) is 5.67. The maximum absolute atomic E-state index is 12.2. The number of anilines is 1. The normalized spacial score (nSPS) is 17.3. The molecule has 1 aliphatic heterocycles. The van der Waals surface area contributed by atoms with E-state index in [-0.39, 0.29) is 12.5 Å². The van der Waals surface area contributed by atoms with Crippen molar-refractivity contribution in [3.05, 3.63) is 35.9 Å². The monoisotopic (exact) mass is 284 g/mol. The average Bonchev–Trinajstić information content (AvgIpc) is 2.61. The fourth-order valence-electron chi connectivity index (χ4n) is 2.43. The van der Waals surface area contributed by atoms with Gasteiger partial charge in [0.05, 0.1) is 12.1 Å². The van der Waals surface area contributed by atoms with E-state index in [1.54, 1.807) is 13.8 Å². The SMILES string of the molecule is CC1(C)NC(=O)N(Cc2cc3ccccc3nc2N)C1=O. The number of amides is 3. The molecular formula is C15H16N4O2. The van der Waals surface area contributed by atoms with E-state index in [4.69, 9.17) is 5.73 Å². The van der Waals surface area contributed by atoms with Gasteiger partial charge in [-0.1, -0.05) is 18.2 Å². The van der Waals surface area contributed by atoms with E-state index in [2.05, 4.69) is 10.3 Å². The zero-order valence-corrected chi connectivity index (χ0v) is 11.9. The molecule has 1 fully saturated rings. The third kappa shape index (κ3) is 2.18. The van der Waals surface area contributed by atoms with Crippen LogP contribution in [0.5, 0.6) is 0 Å². The van der Waals surface area contributed by atoms with Gasteiger partial charge in [0.15, 0.2) is 0 Å². The number of benzene rings is 1. The first kappa shape index (κ1) is 13.4. The summed E-state index contributed by atoms with van der Waals surface area (Å²) in [4.78, 5) is 29.6. The fraction of sp³-hybridized carbons (Fsp3) is 0.267. The number of carbonyl (C=O) groups excluding carboxylic acids is 2. The third-order valence-corrected chi connectivity index (χ3v) is 3.61. The maximum atomic E-state index is 12.2. The van der Waals surface area contributed by atoms with E-state index in [1.807, 2.05) is 30.3 Å². The first-order valence-electron chi connectivity index (χ1n) is 6.67. The van der Waals surface area contributed by atoms with E-state index in [0.717, 1.165) is 10.9 Å². The lowest BCUT2D eigenvalue weighted by Crippen LogP contribution is -2.40. The van der Waals surface area contributed by atoms with Crippen LogP contribution < -0.4 is 11.1 Å². The third-order valence-electron chi connectivity index (χ3n) is 3.61. The maximum Gasteiger partial charge on any atom is 0.325 e. The lowest BCUT2D eigenvalue weighted by atomic mass is 10.1. The van der Waals surface area contributed by atoms with E-state index in [1.165, 1.54) is 4.90 Å². The molecule has 0 bridgehead atoms. The molecule has 0 spiro atoms. The van der Waals surface area contributed by atoms with E-state index in [0.29, 0.717) is 11.4 Å². The Labute approximate surface area is 121 Å². The molecule has 2 aromatic rings. The minimum absolute atomic E-state index is 0.123. The van der Waals surface area contributed by atoms with Crippen molar-refractivity contribution >= 4 is 28.7 Å². The molecule has 108 valence electrons. The molecule has 0 saturated carbocycles. The van der Waals surface area contributed by atoms with Crippen LogP contribution in [0.3, 0.4) is 0 Å². The molecule has 0 radical (unpaired) electrons. The summed E-state index contributed by atoms with van der Waals surface area (Å²) in [5.74, 6) is 0.0686. The number of nitrogens with two attached hydrogens (primary N) is 1. The predicted molar refractivity (Wildman–Crippen MR) is 79.3 cm³/mol. The molecule has 0 atom stereocenters. The van der Waals surface area contributed by atoms with Crippen molar-refractivity contribution in [1.82, 2.24) is 15.2 Å². The van der Waals surface area contributed by atoms with Crippen molar-refractivity contribution in [2.75, 3.05) is 5.73 Å². The molecule has 1 aliphatic rings. The van der Waals surface area contributed by atoms with Gasteiger partial charge in [0.25, 0.3) is 5.91 Å². The first-order valence-corrected chi connectivity index (χ1v) is 6.67. The zero-order valence-electron chi connectivity index (χ0n) is 11.9. The van der Waals surface area contributed by atoms with Gasteiger partial charge in [0.1, 0.15) is 11.4 Å². The number of rotatable bonds is 2. The number of fused-ring (bicyclic) bond motifs is 1. The summed E-state index contributed by atoms with van der Waals surface area (Å²) in [7, 11) is 0. The molecule has 1 aromatic heterocycles. The molecule has 1 saturated heterocycles. The zero-order chi connectivity index (χ0) is 15.2. The van der Waals surface area contributed by atoms with Crippen LogP contribution in [0.2, 0.25) is 0 Å². The number of hydrogen-bond donors (Lipinski definition) is 2. The Hall–Kier alpha value is -2.63. The minimum Gasteiger partial charge on any atom is -0.383 e. The smallest absolute Gasteiger partial charge is 0.325 e. The highest BCUT2D eigenvalue weighted by Gasteiger charge is 2.44. The van der Waals surface area contributed by atoms with Gasteiger partial charge in [-0.25, -0.2) is 9.78 Å². The summed E-state index contributed by atoms with van der Waals surface area (Å²) in [5, 5.41) is 3.57. The molecule has 2 heterocycles. The lowest BCUT2D eigenvalue weighted by molar-refractivity contribution is -0.130. The summed E-state index contributed by atoms with van der Waals surface area (Å²) >= 11 is 0. The quantitative estimate of drug-likeness (QED) is 0.821. The highest BCUT2D eigenvalue weighted by atomic mass is 16.2. The van der Waals surface area contributed by atoms with Gasteiger partial charge in [0.2, 0.25) is 0 Å². The topological polar surface area (TPSA) is 88.3 Å². The Morgan fingerprint density at radius 1 is 1.29 bits per heavy atom. The number of imide groups is 1. The lowest BCUT2D eigenvalue weighted by Gasteiger charge is -2.17. The van der Waals surface area contributed by atoms with Crippen molar-refractivity contribution in [2.45, 2.75) is 25.9 Å². The number of carbonyl (C=O) groups is 2. The van der Waals surface area contributed by atoms with Crippen molar-refractivity contribution in [2.24, 2.45) is 0 Å². The van der Waals surface area contributed by atoms with Crippen molar-refractivity contribution in [3.63, 3.8) is 0 Å². The van der Waals surface area contributed by atoms with Crippen LogP contribution in [0.15, 0.2) is 30.3 Å². The largest absolute Gasteiger partial charge is 0.383 e. The van der Waals surface area contributed by atoms with Crippen LogP contribution >= 0.6 is 0 Å². The number of aromatic nitrogens is 1. The number of nitrogens with one attached hydrogen (secondary N) is 1. The van der Waals surface area contributed by atoms with E-state index < -0.39 is 11.6 Å². The van der Waals surface area contributed by atoms with Crippen LogP contribution in [-0.2, 0) is 11.3 Å². The molecule has 3 N–H and O–H groups in total. The molecule has 1 aromatic carbocycles. The number of hydrogen-bond acceptors (Lipinski definition) is 4. The van der Waals surface area contributed by atoms with Crippen molar-refractivity contribution in [3.8, 4) is 0 Å². The average molecular weight is 284 g/mol. The number of pyridine rings is 1. The van der Waals surface area contributed by atoms with Gasteiger partial charge in [-0.2, -0.15) is 0 Å². The summed E-state index contributed by atoms with van der Waals surface area (Å²) in [6, 6.07) is 9.03. The highest BCUT2D eigenvalue weighted by molar-refractivity contribution is 6.06. The van der Waals surface area contributed by atoms with E-state index in [9.17, 15) is 9.59 Å². The summed E-state index contributed by atoms with van der Waals surface area (Å²) in [6.45, 7) is 3.47. The molecule has 21 heavy (non-hydrogen) atoms. The number of nitrogens with zero attached hydrogens (tertiary/aromatic N) is 2. The van der Waals surface area contributed by atoms with Crippen LogP contribution in [0.4, 0.5) is 10.6 Å². The predicted octanol–water partition coefficient (Wildman–Crippen LogP) is 1.65. The van der Waals surface area contributed by atoms with Crippen LogP contribution in [0.1, 0.15) is 19.4 Å². The van der Waals surface area contributed by atoms with Gasteiger partial charge in [-0.3, -0.25) is 9.69 Å². The van der Waals surface area contributed by atoms with Crippen LogP contribution in [0, 0.1) is 0 Å². The summed E-state index contributed by atoms with van der Waals surface area (Å²) in [6.07, 6.45) is 0. The Kier molecular flexibility index (Phi) is 2.83. The number of para-hydroxylation sites is 1. The Morgan fingerprint density at radius 2 is 2.00 bits per heavy atom. The minimum atomic E-state index is -0.879. The Balaban J connectivity index is 1.97. The standard InChI is InChI=1S/C15H16N4O2/c1-15(2)13(20)19(14(21)18-15)8-10-7-9-5-3-4-6-11(9)17-12(10)16/h3-7H,8H2,1-2H3,(H2,16,17)(H,18,21). The second kappa shape index (κ2) is 4.44. The van der Waals surface area contributed by atoms with Crippen molar-refractivity contribution < 1.29 is 9.59 Å². The molecule has 0 unspecified atom stereocenters. The van der Waals surface area contributed by atoms with Gasteiger partial charge in [0, 0.05) is 10.9 Å². The number of urea groups is 1. The van der Waals surface area contributed by atoms with Gasteiger partial charge >= 0.3 is 6.03 Å². The summed E-state index contributed by atoms with van der Waals surface area (Å²) in [5.41, 5.74) is 6.51. The van der Waals surface area contributed by atoms with Crippen LogP contribution in [-0.4, -0.2) is 27.4 Å². The molecule has 3 rings (SSSR count). The van der Waals surface area contributed by atoms with E-state index >= 15 is 0 Å². The molecule has 6 heteroatoms. The van der Waals surface area contributed by atoms with Gasteiger partial charge < -0.3 is 11.1 Å². The van der Waals surface area contributed by atoms with Gasteiger partial charge in [-0.05, 0) is 26.0 Å². The fourth-order valence-corrected chi connectivity index (χ4v) is 2.43. The second-order valence-electron chi connectivity index (χ2n) is 5.67. The molecule has 6 nitrogen and oxygen atoms in total. The Morgan fingerprint density at radius 3 is 2.67 bits per heavy atom. The molecule has 0 aliphatic carbocycles. The first-order chi connectivity index (χ1) is 9.88. The number of nitrogen functional groups attached to an aromatic ring is 1. The Bertz CT molecular complexity index is 754. The highest BCUT2D eigenvalue weighted by Crippen LogP contribution is 2.23. The van der Waals surface area contributed by atoms with Crippen LogP contribution in [0.25, 0.3) is 10.9 Å². The molecule has 3 amide bonds. The molecular weight excluding hydrogens is 268 g/mol. The van der Waals surface area contributed by atoms with Crippen molar-refractivity contribution in [1.29, 1.82) is 0 Å².